The first-order valence-electron chi connectivity index (χ1n) is 10.00. The van der Waals surface area contributed by atoms with E-state index in [1.165, 1.54) is 5.56 Å². The van der Waals surface area contributed by atoms with E-state index < -0.39 is 0 Å². The molecule has 0 spiro atoms. The molecule has 1 aromatic heterocycles. The summed E-state index contributed by atoms with van der Waals surface area (Å²) >= 11 is 0. The number of aryl methyl sites for hydroxylation is 2. The normalized spacial score (nSPS) is 18.6. The van der Waals surface area contributed by atoms with E-state index in [-0.39, 0.29) is 17.7 Å². The molecule has 146 valence electrons. The minimum absolute atomic E-state index is 0.0955. The molecule has 1 aromatic carbocycles. The summed E-state index contributed by atoms with van der Waals surface area (Å²) in [5.41, 5.74) is 3.12. The molecule has 6 nitrogen and oxygen atoms in total. The Hall–Kier alpha value is -2.76. The van der Waals surface area contributed by atoms with Crippen molar-refractivity contribution < 1.29 is 9.59 Å². The minimum atomic E-state index is 0.0955. The maximum atomic E-state index is 12.6. The molecule has 4 rings (SSSR count). The summed E-state index contributed by atoms with van der Waals surface area (Å²) in [6.07, 6.45) is 3.10. The summed E-state index contributed by atoms with van der Waals surface area (Å²) in [7, 11) is 0. The first kappa shape index (κ1) is 18.6. The summed E-state index contributed by atoms with van der Waals surface area (Å²) < 4.78 is 0. The third-order valence-corrected chi connectivity index (χ3v) is 5.78. The molecule has 2 aromatic rings. The fourth-order valence-electron chi connectivity index (χ4n) is 4.15. The fourth-order valence-corrected chi connectivity index (χ4v) is 4.15. The van der Waals surface area contributed by atoms with Crippen molar-refractivity contribution in [1.29, 1.82) is 0 Å². The molecule has 28 heavy (non-hydrogen) atoms. The first-order chi connectivity index (χ1) is 13.5. The average Bonchev–Trinajstić information content (AvgIpc) is 3.29. The highest BCUT2D eigenvalue weighted by Gasteiger charge is 2.34. The van der Waals surface area contributed by atoms with Gasteiger partial charge in [0.15, 0.2) is 0 Å². The Labute approximate surface area is 165 Å². The van der Waals surface area contributed by atoms with Crippen LogP contribution in [0.1, 0.15) is 48.3 Å². The second kappa shape index (κ2) is 7.70. The van der Waals surface area contributed by atoms with E-state index >= 15 is 0 Å². The van der Waals surface area contributed by atoms with Crippen molar-refractivity contribution in [2.45, 2.75) is 45.4 Å². The lowest BCUT2D eigenvalue weighted by atomic mass is 10.1. The lowest BCUT2D eigenvalue weighted by Crippen LogP contribution is -2.29. The summed E-state index contributed by atoms with van der Waals surface area (Å²) in [5, 5.41) is 0. The van der Waals surface area contributed by atoms with E-state index in [9.17, 15) is 9.59 Å². The number of anilines is 1. The van der Waals surface area contributed by atoms with Crippen molar-refractivity contribution in [3.05, 3.63) is 53.0 Å². The summed E-state index contributed by atoms with van der Waals surface area (Å²) in [4.78, 5) is 37.4. The highest BCUT2D eigenvalue weighted by atomic mass is 16.2. The Kier molecular flexibility index (Phi) is 5.11. The first-order valence-corrected chi connectivity index (χ1v) is 10.00. The SMILES string of the molecule is CC(=O)N1CC[C@@H](c2nc(C)c3c(n2)N(CCCc2ccccc2)C(=O)C3)C1. The smallest absolute Gasteiger partial charge is 0.232 e. The molecule has 0 N–H and O–H groups in total. The summed E-state index contributed by atoms with van der Waals surface area (Å²) in [5.74, 6) is 1.90. The van der Waals surface area contributed by atoms with Crippen LogP contribution in [-0.4, -0.2) is 46.3 Å². The quantitative estimate of drug-likeness (QED) is 0.802. The van der Waals surface area contributed by atoms with Crippen molar-refractivity contribution in [2.24, 2.45) is 0 Å². The third-order valence-electron chi connectivity index (χ3n) is 5.78. The van der Waals surface area contributed by atoms with Gasteiger partial charge in [0.2, 0.25) is 11.8 Å². The molecule has 0 aliphatic carbocycles. The number of amides is 2. The summed E-state index contributed by atoms with van der Waals surface area (Å²) in [6, 6.07) is 10.3. The summed E-state index contributed by atoms with van der Waals surface area (Å²) in [6.45, 7) is 5.64. The molecule has 1 saturated heterocycles. The van der Waals surface area contributed by atoms with Crippen LogP contribution in [0.2, 0.25) is 0 Å². The zero-order chi connectivity index (χ0) is 19.7. The van der Waals surface area contributed by atoms with Crippen molar-refractivity contribution in [1.82, 2.24) is 14.9 Å². The highest BCUT2D eigenvalue weighted by molar-refractivity contribution is 6.00. The zero-order valence-corrected chi connectivity index (χ0v) is 16.5. The van der Waals surface area contributed by atoms with Crippen LogP contribution in [0.5, 0.6) is 0 Å². The Balaban J connectivity index is 1.50. The topological polar surface area (TPSA) is 66.4 Å². The maximum Gasteiger partial charge on any atom is 0.232 e. The second-order valence-electron chi connectivity index (χ2n) is 7.73. The van der Waals surface area contributed by atoms with Gasteiger partial charge < -0.3 is 4.90 Å². The van der Waals surface area contributed by atoms with Crippen LogP contribution in [0.3, 0.4) is 0 Å². The molecular formula is C22H26N4O2. The molecule has 6 heteroatoms. The number of fused-ring (bicyclic) bond motifs is 1. The van der Waals surface area contributed by atoms with E-state index in [0.29, 0.717) is 19.5 Å². The average molecular weight is 378 g/mol. The molecule has 0 radical (unpaired) electrons. The van der Waals surface area contributed by atoms with Gasteiger partial charge >= 0.3 is 0 Å². The van der Waals surface area contributed by atoms with Crippen molar-refractivity contribution in [2.75, 3.05) is 24.5 Å². The third kappa shape index (κ3) is 3.63. The number of nitrogens with zero attached hydrogens (tertiary/aromatic N) is 4. The highest BCUT2D eigenvalue weighted by Crippen LogP contribution is 2.33. The molecule has 3 heterocycles. The van der Waals surface area contributed by atoms with Gasteiger partial charge in [0.25, 0.3) is 0 Å². The lowest BCUT2D eigenvalue weighted by molar-refractivity contribution is -0.127. The predicted octanol–water partition coefficient (Wildman–Crippen LogP) is 2.64. The predicted molar refractivity (Wildman–Crippen MR) is 107 cm³/mol. The van der Waals surface area contributed by atoms with E-state index in [1.54, 1.807) is 6.92 Å². The van der Waals surface area contributed by atoms with Gasteiger partial charge in [0, 0.05) is 43.7 Å². The molecule has 0 bridgehead atoms. The number of benzene rings is 1. The number of hydrogen-bond donors (Lipinski definition) is 0. The monoisotopic (exact) mass is 378 g/mol. The zero-order valence-electron chi connectivity index (χ0n) is 16.5. The number of aromatic nitrogens is 2. The standard InChI is InChI=1S/C22H26N4O2/c1-15-19-13-20(28)26(11-6-9-17-7-4-3-5-8-17)22(19)24-21(23-15)18-10-12-25(14-18)16(2)27/h3-5,7-8,18H,6,9-14H2,1-2H3/t18-/m1/s1. The van der Waals surface area contributed by atoms with E-state index in [0.717, 1.165) is 48.7 Å². The van der Waals surface area contributed by atoms with E-state index in [1.807, 2.05) is 34.9 Å². The molecule has 1 fully saturated rings. The van der Waals surface area contributed by atoms with Crippen LogP contribution in [0.4, 0.5) is 5.82 Å². The molecular weight excluding hydrogens is 352 g/mol. The Bertz CT molecular complexity index is 897. The van der Waals surface area contributed by atoms with Crippen molar-refractivity contribution in [3.8, 4) is 0 Å². The molecule has 2 aliphatic rings. The van der Waals surface area contributed by atoms with Gasteiger partial charge in [0.1, 0.15) is 11.6 Å². The number of carbonyl (C=O) groups is 2. The second-order valence-corrected chi connectivity index (χ2v) is 7.73. The number of rotatable bonds is 5. The van der Waals surface area contributed by atoms with E-state index in [4.69, 9.17) is 4.98 Å². The molecule has 2 amide bonds. The van der Waals surface area contributed by atoms with Crippen LogP contribution in [0, 0.1) is 6.92 Å². The minimum Gasteiger partial charge on any atom is -0.342 e. The molecule has 0 saturated carbocycles. The number of hydrogen-bond acceptors (Lipinski definition) is 4. The van der Waals surface area contributed by atoms with Crippen molar-refractivity contribution in [3.63, 3.8) is 0 Å². The van der Waals surface area contributed by atoms with Crippen LogP contribution in [0.25, 0.3) is 0 Å². The van der Waals surface area contributed by atoms with Crippen LogP contribution >= 0.6 is 0 Å². The number of carbonyl (C=O) groups excluding carboxylic acids is 2. The van der Waals surface area contributed by atoms with Crippen LogP contribution < -0.4 is 4.90 Å². The number of likely N-dealkylation sites (tertiary alicyclic amines) is 1. The Morgan fingerprint density at radius 3 is 2.71 bits per heavy atom. The molecule has 1 atom stereocenters. The largest absolute Gasteiger partial charge is 0.342 e. The van der Waals surface area contributed by atoms with Gasteiger partial charge in [-0.1, -0.05) is 30.3 Å². The fraction of sp³-hybridized carbons (Fsp3) is 0.455. The van der Waals surface area contributed by atoms with Crippen molar-refractivity contribution >= 4 is 17.6 Å². The van der Waals surface area contributed by atoms with Gasteiger partial charge in [-0.05, 0) is 31.7 Å². The van der Waals surface area contributed by atoms with Gasteiger partial charge in [-0.15, -0.1) is 0 Å². The Morgan fingerprint density at radius 1 is 1.21 bits per heavy atom. The molecule has 0 unspecified atom stereocenters. The maximum absolute atomic E-state index is 12.6. The van der Waals surface area contributed by atoms with Crippen LogP contribution in [0.15, 0.2) is 30.3 Å². The van der Waals surface area contributed by atoms with E-state index in [2.05, 4.69) is 17.1 Å². The molecule has 2 aliphatic heterocycles. The van der Waals surface area contributed by atoms with Gasteiger partial charge in [-0.25, -0.2) is 9.97 Å². The van der Waals surface area contributed by atoms with Gasteiger partial charge in [-0.3, -0.25) is 14.5 Å². The lowest BCUT2D eigenvalue weighted by Gasteiger charge is -2.19. The van der Waals surface area contributed by atoms with Gasteiger partial charge in [-0.2, -0.15) is 0 Å². The Morgan fingerprint density at radius 2 is 2.00 bits per heavy atom. The van der Waals surface area contributed by atoms with Crippen LogP contribution in [-0.2, 0) is 22.4 Å². The van der Waals surface area contributed by atoms with Gasteiger partial charge in [0.05, 0.1) is 6.42 Å².